The number of fused-ring (bicyclic) bond motifs is 1. The Morgan fingerprint density at radius 2 is 2.25 bits per heavy atom. The molecule has 0 aromatic heterocycles. The molecule has 0 bridgehead atoms. The minimum Gasteiger partial charge on any atom is -0.313 e. The molecule has 0 aromatic carbocycles. The van der Waals surface area contributed by atoms with Crippen molar-refractivity contribution in [3.05, 3.63) is 0 Å². The number of hydrogen-bond acceptors (Lipinski definition) is 2. The molecule has 3 heteroatoms. The molecule has 2 nitrogen and oxygen atoms in total. The summed E-state index contributed by atoms with van der Waals surface area (Å²) in [5.74, 6) is 0.811. The van der Waals surface area contributed by atoms with Gasteiger partial charge in [-0.2, -0.15) is 0 Å². The normalized spacial score (nSPS) is 42.4. The van der Waals surface area contributed by atoms with Gasteiger partial charge in [-0.1, -0.05) is 15.9 Å². The number of rotatable bonds is 0. The molecular weight excluding hydrogens is 218 g/mol. The molecule has 1 heterocycles. The second-order valence-electron chi connectivity index (χ2n) is 3.79. The molecule has 3 unspecified atom stereocenters. The molecular formula is C9H14BrNO. The van der Waals surface area contributed by atoms with Gasteiger partial charge in [0.25, 0.3) is 0 Å². The number of halogens is 1. The number of piperidine rings is 1. The Kier molecular flexibility index (Phi) is 2.51. The summed E-state index contributed by atoms with van der Waals surface area (Å²) in [6.45, 7) is 0.889. The summed E-state index contributed by atoms with van der Waals surface area (Å²) in [6.07, 6.45) is 4.10. The molecule has 1 aliphatic carbocycles. The molecule has 0 amide bonds. The lowest BCUT2D eigenvalue weighted by Gasteiger charge is -2.37. The Hall–Kier alpha value is 0.110. The van der Waals surface area contributed by atoms with Crippen molar-refractivity contribution >= 4 is 21.7 Å². The maximum absolute atomic E-state index is 11.5. The largest absolute Gasteiger partial charge is 0.313 e. The van der Waals surface area contributed by atoms with E-state index in [9.17, 15) is 4.79 Å². The number of ketones is 1. The van der Waals surface area contributed by atoms with Crippen molar-refractivity contribution in [3.8, 4) is 0 Å². The van der Waals surface area contributed by atoms with E-state index in [-0.39, 0.29) is 0 Å². The maximum Gasteiger partial charge on any atom is 0.138 e. The number of carbonyl (C=O) groups excluding carboxylic acids is 1. The molecule has 0 spiro atoms. The Bertz CT molecular complexity index is 195. The van der Waals surface area contributed by atoms with Crippen molar-refractivity contribution in [2.24, 2.45) is 5.92 Å². The lowest BCUT2D eigenvalue weighted by molar-refractivity contribution is -0.126. The monoisotopic (exact) mass is 231 g/mol. The highest BCUT2D eigenvalue weighted by Gasteiger charge is 2.35. The van der Waals surface area contributed by atoms with Gasteiger partial charge in [-0.3, -0.25) is 4.79 Å². The number of hydrogen-bond donors (Lipinski definition) is 1. The highest BCUT2D eigenvalue weighted by molar-refractivity contribution is 9.09. The molecule has 1 saturated carbocycles. The van der Waals surface area contributed by atoms with Crippen LogP contribution < -0.4 is 5.32 Å². The smallest absolute Gasteiger partial charge is 0.138 e. The lowest BCUT2D eigenvalue weighted by Crippen LogP contribution is -2.49. The van der Waals surface area contributed by atoms with Crippen molar-refractivity contribution in [2.45, 2.75) is 36.6 Å². The summed E-state index contributed by atoms with van der Waals surface area (Å²) in [5.41, 5.74) is 0. The molecule has 1 N–H and O–H groups in total. The van der Waals surface area contributed by atoms with Crippen LogP contribution in [0.15, 0.2) is 0 Å². The first-order valence-electron chi connectivity index (χ1n) is 4.67. The van der Waals surface area contributed by atoms with Gasteiger partial charge in [0.05, 0.1) is 0 Å². The average molecular weight is 232 g/mol. The first kappa shape index (κ1) is 8.70. The van der Waals surface area contributed by atoms with Crippen LogP contribution in [-0.2, 0) is 4.79 Å². The first-order valence-corrected chi connectivity index (χ1v) is 5.59. The van der Waals surface area contributed by atoms with Crippen molar-refractivity contribution in [2.75, 3.05) is 6.54 Å². The third kappa shape index (κ3) is 1.57. The highest BCUT2D eigenvalue weighted by atomic mass is 79.9. The fourth-order valence-electron chi connectivity index (χ4n) is 2.30. The summed E-state index contributed by atoms with van der Waals surface area (Å²) in [7, 11) is 0. The van der Waals surface area contributed by atoms with Crippen LogP contribution in [0.2, 0.25) is 0 Å². The standard InChI is InChI=1S/C9H14BrNO/c10-6-1-2-7-8(5-6)11-4-3-9(7)12/h6-8,11H,1-5H2. The zero-order valence-electron chi connectivity index (χ0n) is 7.05. The molecule has 68 valence electrons. The van der Waals surface area contributed by atoms with Crippen LogP contribution in [0.5, 0.6) is 0 Å². The summed E-state index contributed by atoms with van der Waals surface area (Å²) in [5, 5.41) is 3.43. The van der Waals surface area contributed by atoms with E-state index in [2.05, 4.69) is 21.2 Å². The van der Waals surface area contributed by atoms with Crippen LogP contribution in [-0.4, -0.2) is 23.2 Å². The number of alkyl halides is 1. The van der Waals surface area contributed by atoms with Crippen LogP contribution in [0.1, 0.15) is 25.7 Å². The molecule has 2 aliphatic rings. The quantitative estimate of drug-likeness (QED) is 0.641. The second kappa shape index (κ2) is 3.46. The second-order valence-corrected chi connectivity index (χ2v) is 5.09. The Labute approximate surface area is 81.2 Å². The molecule has 2 fully saturated rings. The van der Waals surface area contributed by atoms with Gasteiger partial charge in [-0.05, 0) is 19.3 Å². The van der Waals surface area contributed by atoms with E-state index in [1.54, 1.807) is 0 Å². The Morgan fingerprint density at radius 3 is 3.08 bits per heavy atom. The van der Waals surface area contributed by atoms with E-state index in [1.165, 1.54) is 0 Å². The molecule has 0 radical (unpaired) electrons. The van der Waals surface area contributed by atoms with Crippen LogP contribution in [0.3, 0.4) is 0 Å². The van der Waals surface area contributed by atoms with Gasteiger partial charge in [0.2, 0.25) is 0 Å². The maximum atomic E-state index is 11.5. The predicted octanol–water partition coefficient (Wildman–Crippen LogP) is 1.48. The van der Waals surface area contributed by atoms with Gasteiger partial charge in [0, 0.05) is 29.8 Å². The molecule has 12 heavy (non-hydrogen) atoms. The zero-order chi connectivity index (χ0) is 8.55. The minimum absolute atomic E-state index is 0.326. The van der Waals surface area contributed by atoms with Crippen LogP contribution in [0.4, 0.5) is 0 Å². The van der Waals surface area contributed by atoms with E-state index in [0.29, 0.717) is 22.6 Å². The summed E-state index contributed by atoms with van der Waals surface area (Å²) in [6, 6.07) is 0.462. The fraction of sp³-hybridized carbons (Fsp3) is 0.889. The van der Waals surface area contributed by atoms with E-state index in [1.807, 2.05) is 0 Å². The summed E-state index contributed by atoms with van der Waals surface area (Å²) >= 11 is 3.62. The third-order valence-electron chi connectivity index (χ3n) is 2.98. The lowest BCUT2D eigenvalue weighted by atomic mass is 9.79. The van der Waals surface area contributed by atoms with Gasteiger partial charge in [0.1, 0.15) is 5.78 Å². The van der Waals surface area contributed by atoms with Gasteiger partial charge < -0.3 is 5.32 Å². The Morgan fingerprint density at radius 1 is 1.42 bits per heavy atom. The minimum atomic E-state index is 0.326. The average Bonchev–Trinajstić information content (AvgIpc) is 2.04. The number of carbonyl (C=O) groups is 1. The van der Waals surface area contributed by atoms with Gasteiger partial charge in [-0.15, -0.1) is 0 Å². The SMILES string of the molecule is O=C1CCNC2CC(Br)CCC12. The van der Waals surface area contributed by atoms with E-state index in [4.69, 9.17) is 0 Å². The zero-order valence-corrected chi connectivity index (χ0v) is 8.64. The summed E-state index contributed by atoms with van der Waals surface area (Å²) in [4.78, 5) is 12.1. The van der Waals surface area contributed by atoms with E-state index < -0.39 is 0 Å². The van der Waals surface area contributed by atoms with Crippen molar-refractivity contribution in [3.63, 3.8) is 0 Å². The van der Waals surface area contributed by atoms with Crippen molar-refractivity contribution in [1.29, 1.82) is 0 Å². The first-order chi connectivity index (χ1) is 5.77. The molecule has 1 saturated heterocycles. The molecule has 3 atom stereocenters. The van der Waals surface area contributed by atoms with Crippen LogP contribution >= 0.6 is 15.9 Å². The topological polar surface area (TPSA) is 29.1 Å². The van der Waals surface area contributed by atoms with Crippen LogP contribution in [0, 0.1) is 5.92 Å². The van der Waals surface area contributed by atoms with E-state index in [0.717, 1.165) is 32.2 Å². The summed E-state index contributed by atoms with van der Waals surface area (Å²) < 4.78 is 0. The van der Waals surface area contributed by atoms with Gasteiger partial charge in [0.15, 0.2) is 0 Å². The molecule has 1 aliphatic heterocycles. The Balaban J connectivity index is 2.04. The molecule has 0 aromatic rings. The molecule has 2 rings (SSSR count). The highest BCUT2D eigenvalue weighted by Crippen LogP contribution is 2.31. The number of Topliss-reactive ketones (excluding diaryl/α,β-unsaturated/α-hetero) is 1. The predicted molar refractivity (Wildman–Crippen MR) is 51.5 cm³/mol. The number of nitrogens with one attached hydrogen (secondary N) is 1. The van der Waals surface area contributed by atoms with E-state index >= 15 is 0 Å². The van der Waals surface area contributed by atoms with Crippen molar-refractivity contribution < 1.29 is 4.79 Å². The fourth-order valence-corrected chi connectivity index (χ4v) is 2.96. The van der Waals surface area contributed by atoms with Gasteiger partial charge >= 0.3 is 0 Å². The third-order valence-corrected chi connectivity index (χ3v) is 3.81. The van der Waals surface area contributed by atoms with Gasteiger partial charge in [-0.25, -0.2) is 0 Å². The van der Waals surface area contributed by atoms with Crippen LogP contribution in [0.25, 0.3) is 0 Å². The van der Waals surface area contributed by atoms with Crippen molar-refractivity contribution in [1.82, 2.24) is 5.32 Å².